The summed E-state index contributed by atoms with van der Waals surface area (Å²) in [5.74, 6) is 0.119. The summed E-state index contributed by atoms with van der Waals surface area (Å²) in [5, 5.41) is 8.49. The number of aliphatic hydroxyl groups excluding tert-OH is 1. The second-order valence-corrected chi connectivity index (χ2v) is 1.85. The van der Waals surface area contributed by atoms with Crippen LogP contribution in [0.4, 0.5) is 0 Å². The summed E-state index contributed by atoms with van der Waals surface area (Å²) in [6.45, 7) is 1.13. The third kappa shape index (κ3) is 1.22. The summed E-state index contributed by atoms with van der Waals surface area (Å²) in [6.07, 6.45) is 1.33. The second kappa shape index (κ2) is 2.62. The lowest BCUT2D eigenvalue weighted by Crippen LogP contribution is -1.89. The van der Waals surface area contributed by atoms with E-state index in [-0.39, 0.29) is 18.3 Å². The van der Waals surface area contributed by atoms with Crippen LogP contribution in [0.5, 0.6) is 0 Å². The molecule has 1 rings (SSSR count). The van der Waals surface area contributed by atoms with Crippen molar-refractivity contribution in [2.45, 2.75) is 13.5 Å². The fourth-order valence-electron chi connectivity index (χ4n) is 0.543. The lowest BCUT2D eigenvalue weighted by atomic mass is 10.5. The third-order valence-electron chi connectivity index (χ3n) is 1.01. The van der Waals surface area contributed by atoms with Gasteiger partial charge >= 0.3 is 0 Å². The van der Waals surface area contributed by atoms with Gasteiger partial charge in [0.25, 0.3) is 5.89 Å². The molecule has 54 valence electrons. The summed E-state index contributed by atoms with van der Waals surface area (Å²) < 4.78 is 4.78. The molecule has 0 bridgehead atoms. The summed E-state index contributed by atoms with van der Waals surface area (Å²) in [7, 11) is 0. The predicted octanol–water partition coefficient (Wildman–Crippen LogP) is 0.369. The highest BCUT2D eigenvalue weighted by Crippen LogP contribution is 2.02. The number of oxazole rings is 1. The number of Topliss-reactive ketones (excluding diaryl/α,β-unsaturated/α-hetero) is 1. The molecule has 0 saturated carbocycles. The third-order valence-corrected chi connectivity index (χ3v) is 1.01. The summed E-state index contributed by atoms with van der Waals surface area (Å²) >= 11 is 0. The molecule has 0 aromatic carbocycles. The zero-order chi connectivity index (χ0) is 7.56. The van der Waals surface area contributed by atoms with Crippen LogP contribution in [0.3, 0.4) is 0 Å². The number of rotatable bonds is 2. The first-order valence-corrected chi connectivity index (χ1v) is 2.80. The average Bonchev–Trinajstić information content (AvgIpc) is 2.34. The Morgan fingerprint density at radius 1 is 1.90 bits per heavy atom. The lowest BCUT2D eigenvalue weighted by molar-refractivity contribution is 0.0976. The maximum atomic E-state index is 10.5. The van der Waals surface area contributed by atoms with Crippen LogP contribution in [0.15, 0.2) is 10.6 Å². The summed E-state index contributed by atoms with van der Waals surface area (Å²) in [4.78, 5) is 14.1. The van der Waals surface area contributed by atoms with Crippen molar-refractivity contribution in [3.8, 4) is 0 Å². The minimum Gasteiger partial charge on any atom is -0.436 e. The van der Waals surface area contributed by atoms with Gasteiger partial charge in [0.1, 0.15) is 12.4 Å². The number of carbonyl (C=O) groups excluding carboxylic acids is 1. The molecule has 0 aliphatic heterocycles. The number of ketones is 1. The highest BCUT2D eigenvalue weighted by atomic mass is 16.4. The van der Waals surface area contributed by atoms with Crippen molar-refractivity contribution in [2.24, 2.45) is 0 Å². The molecule has 1 heterocycles. The maximum Gasteiger partial charge on any atom is 0.263 e. The fourth-order valence-corrected chi connectivity index (χ4v) is 0.543. The molecule has 1 N–H and O–H groups in total. The molecule has 1 aromatic rings. The summed E-state index contributed by atoms with van der Waals surface area (Å²) in [5.41, 5.74) is 0. The molecular weight excluding hydrogens is 134 g/mol. The molecule has 0 spiro atoms. The van der Waals surface area contributed by atoms with E-state index in [1.54, 1.807) is 0 Å². The van der Waals surface area contributed by atoms with E-state index in [1.165, 1.54) is 13.1 Å². The Morgan fingerprint density at radius 3 is 2.90 bits per heavy atom. The lowest BCUT2D eigenvalue weighted by Gasteiger charge is -1.83. The first-order chi connectivity index (χ1) is 4.74. The van der Waals surface area contributed by atoms with Crippen LogP contribution in [0.2, 0.25) is 0 Å². The Hall–Kier alpha value is -1.16. The van der Waals surface area contributed by atoms with Crippen molar-refractivity contribution >= 4 is 5.78 Å². The van der Waals surface area contributed by atoms with Gasteiger partial charge in [0.15, 0.2) is 0 Å². The van der Waals surface area contributed by atoms with Crippen LogP contribution >= 0.6 is 0 Å². The summed E-state index contributed by atoms with van der Waals surface area (Å²) in [6, 6.07) is 0. The Bertz CT molecular complexity index is 241. The smallest absolute Gasteiger partial charge is 0.263 e. The highest BCUT2D eigenvalue weighted by Gasteiger charge is 2.05. The monoisotopic (exact) mass is 141 g/mol. The molecule has 0 aliphatic carbocycles. The normalized spacial score (nSPS) is 9.80. The first kappa shape index (κ1) is 6.95. The molecule has 4 nitrogen and oxygen atoms in total. The molecule has 0 atom stereocenters. The predicted molar refractivity (Wildman–Crippen MR) is 32.4 cm³/mol. The zero-order valence-corrected chi connectivity index (χ0v) is 5.50. The minimum atomic E-state index is -0.236. The van der Waals surface area contributed by atoms with Gasteiger partial charge in [0, 0.05) is 6.92 Å². The van der Waals surface area contributed by atoms with Crippen LogP contribution in [0.1, 0.15) is 23.4 Å². The van der Waals surface area contributed by atoms with Crippen molar-refractivity contribution in [3.63, 3.8) is 0 Å². The van der Waals surface area contributed by atoms with E-state index in [0.717, 1.165) is 0 Å². The SMILES string of the molecule is CC(=O)c1ncc(CO)o1. The molecular formula is C6H7NO3. The van der Waals surface area contributed by atoms with Crippen molar-refractivity contribution < 1.29 is 14.3 Å². The van der Waals surface area contributed by atoms with Gasteiger partial charge < -0.3 is 9.52 Å². The van der Waals surface area contributed by atoms with Gasteiger partial charge in [-0.2, -0.15) is 0 Å². The van der Waals surface area contributed by atoms with Crippen LogP contribution in [0.25, 0.3) is 0 Å². The van der Waals surface area contributed by atoms with Gasteiger partial charge in [-0.25, -0.2) is 4.98 Å². The number of aromatic nitrogens is 1. The molecule has 0 radical (unpaired) electrons. The Kier molecular flexibility index (Phi) is 1.82. The number of nitrogens with zero attached hydrogens (tertiary/aromatic N) is 1. The Labute approximate surface area is 57.5 Å². The second-order valence-electron chi connectivity index (χ2n) is 1.85. The fraction of sp³-hybridized carbons (Fsp3) is 0.333. The molecule has 10 heavy (non-hydrogen) atoms. The number of aliphatic hydroxyl groups is 1. The Morgan fingerprint density at radius 2 is 2.60 bits per heavy atom. The van der Waals surface area contributed by atoms with E-state index in [0.29, 0.717) is 5.76 Å². The topological polar surface area (TPSA) is 63.3 Å². The van der Waals surface area contributed by atoms with Gasteiger partial charge in [0.2, 0.25) is 5.78 Å². The number of hydrogen-bond acceptors (Lipinski definition) is 4. The minimum absolute atomic E-state index is 0.0454. The first-order valence-electron chi connectivity index (χ1n) is 2.80. The van der Waals surface area contributed by atoms with Crippen LogP contribution in [0, 0.1) is 0 Å². The van der Waals surface area contributed by atoms with Crippen molar-refractivity contribution in [3.05, 3.63) is 17.8 Å². The number of carbonyl (C=O) groups is 1. The van der Waals surface area contributed by atoms with Gasteiger partial charge in [-0.05, 0) is 0 Å². The molecule has 0 amide bonds. The van der Waals surface area contributed by atoms with E-state index < -0.39 is 0 Å². The molecule has 0 saturated heterocycles. The maximum absolute atomic E-state index is 10.5. The standard InChI is InChI=1S/C6H7NO3/c1-4(9)6-7-2-5(3-8)10-6/h2,8H,3H2,1H3. The zero-order valence-electron chi connectivity index (χ0n) is 5.50. The molecule has 4 heteroatoms. The van der Waals surface area contributed by atoms with Crippen molar-refractivity contribution in [1.29, 1.82) is 0 Å². The van der Waals surface area contributed by atoms with Gasteiger partial charge in [-0.15, -0.1) is 0 Å². The van der Waals surface area contributed by atoms with E-state index in [1.807, 2.05) is 0 Å². The van der Waals surface area contributed by atoms with Crippen LogP contribution in [-0.2, 0) is 6.61 Å². The number of hydrogen-bond donors (Lipinski definition) is 1. The van der Waals surface area contributed by atoms with E-state index in [2.05, 4.69) is 4.98 Å². The molecule has 0 fully saturated rings. The average molecular weight is 141 g/mol. The molecule has 0 aliphatic rings. The molecule has 1 aromatic heterocycles. The quantitative estimate of drug-likeness (QED) is 0.604. The van der Waals surface area contributed by atoms with Crippen molar-refractivity contribution in [1.82, 2.24) is 4.98 Å². The largest absolute Gasteiger partial charge is 0.436 e. The van der Waals surface area contributed by atoms with Gasteiger partial charge in [0.05, 0.1) is 6.20 Å². The van der Waals surface area contributed by atoms with E-state index >= 15 is 0 Å². The van der Waals surface area contributed by atoms with Crippen LogP contribution in [-0.4, -0.2) is 15.9 Å². The van der Waals surface area contributed by atoms with E-state index in [4.69, 9.17) is 9.52 Å². The van der Waals surface area contributed by atoms with Gasteiger partial charge in [-0.3, -0.25) is 4.79 Å². The highest BCUT2D eigenvalue weighted by molar-refractivity contribution is 5.89. The van der Waals surface area contributed by atoms with Crippen LogP contribution < -0.4 is 0 Å². The van der Waals surface area contributed by atoms with Gasteiger partial charge in [-0.1, -0.05) is 0 Å². The molecule has 0 unspecified atom stereocenters. The Balaban J connectivity index is 2.88. The van der Waals surface area contributed by atoms with E-state index in [9.17, 15) is 4.79 Å². The van der Waals surface area contributed by atoms with Crippen molar-refractivity contribution in [2.75, 3.05) is 0 Å².